The van der Waals surface area contributed by atoms with Crippen molar-refractivity contribution < 1.29 is 14.6 Å². The first-order valence-electron chi connectivity index (χ1n) is 5.16. The third-order valence-electron chi connectivity index (χ3n) is 2.61. The average molecular weight is 206 g/mol. The molecule has 0 radical (unpaired) electrons. The zero-order valence-corrected chi connectivity index (χ0v) is 8.48. The standard InChI is InChI=1S/C12H14O3/c13-8-9-1-4-11(5-2-9)15-12-6-3-10(14)7-12/h1-2,4-5,12-13H,3,6-8H2. The minimum absolute atomic E-state index is 0.0393. The van der Waals surface area contributed by atoms with Gasteiger partial charge in [0.05, 0.1) is 6.61 Å². The monoisotopic (exact) mass is 206 g/mol. The lowest BCUT2D eigenvalue weighted by Crippen LogP contribution is -2.11. The number of hydrogen-bond acceptors (Lipinski definition) is 3. The van der Waals surface area contributed by atoms with Gasteiger partial charge in [-0.3, -0.25) is 4.79 Å². The van der Waals surface area contributed by atoms with Crippen molar-refractivity contribution in [2.75, 3.05) is 0 Å². The topological polar surface area (TPSA) is 46.5 Å². The van der Waals surface area contributed by atoms with E-state index >= 15 is 0 Å². The number of aliphatic hydroxyl groups is 1. The molecule has 15 heavy (non-hydrogen) atoms. The maximum absolute atomic E-state index is 11.0. The predicted molar refractivity (Wildman–Crippen MR) is 55.6 cm³/mol. The highest BCUT2D eigenvalue weighted by Gasteiger charge is 2.23. The van der Waals surface area contributed by atoms with Gasteiger partial charge < -0.3 is 9.84 Å². The first kappa shape index (κ1) is 10.2. The molecule has 1 aliphatic carbocycles. The number of carbonyl (C=O) groups excluding carboxylic acids is 1. The molecule has 80 valence electrons. The van der Waals surface area contributed by atoms with Gasteiger partial charge in [0, 0.05) is 12.8 Å². The number of ketones is 1. The lowest BCUT2D eigenvalue weighted by molar-refractivity contribution is -0.117. The maximum atomic E-state index is 11.0. The summed E-state index contributed by atoms with van der Waals surface area (Å²) in [6.07, 6.45) is 2.03. The molecule has 1 unspecified atom stereocenters. The molecule has 1 aromatic carbocycles. The molecule has 0 saturated heterocycles. The molecule has 0 aromatic heterocycles. The Kier molecular flexibility index (Phi) is 3.02. The van der Waals surface area contributed by atoms with Crippen LogP contribution in [0, 0.1) is 0 Å². The number of benzene rings is 1. The van der Waals surface area contributed by atoms with Gasteiger partial charge in [0.2, 0.25) is 0 Å². The van der Waals surface area contributed by atoms with Crippen LogP contribution in [0.15, 0.2) is 24.3 Å². The SMILES string of the molecule is O=C1CCC(Oc2ccc(CO)cc2)C1. The Bertz CT molecular complexity index is 342. The van der Waals surface area contributed by atoms with Crippen LogP contribution in [0.4, 0.5) is 0 Å². The highest BCUT2D eigenvalue weighted by molar-refractivity contribution is 5.81. The summed E-state index contributed by atoms with van der Waals surface area (Å²) in [5, 5.41) is 8.86. The number of hydrogen-bond donors (Lipinski definition) is 1. The fourth-order valence-electron chi connectivity index (χ4n) is 1.75. The van der Waals surface area contributed by atoms with Gasteiger partial charge in [0.15, 0.2) is 0 Å². The minimum atomic E-state index is 0.0393. The van der Waals surface area contributed by atoms with Gasteiger partial charge in [-0.05, 0) is 24.1 Å². The van der Waals surface area contributed by atoms with Crippen molar-refractivity contribution in [3.63, 3.8) is 0 Å². The van der Waals surface area contributed by atoms with Gasteiger partial charge in [0.25, 0.3) is 0 Å². The van der Waals surface area contributed by atoms with Gasteiger partial charge in [-0.25, -0.2) is 0 Å². The van der Waals surface area contributed by atoms with Gasteiger partial charge in [0.1, 0.15) is 17.6 Å². The van der Waals surface area contributed by atoms with Crippen molar-refractivity contribution >= 4 is 5.78 Å². The van der Waals surface area contributed by atoms with E-state index in [0.717, 1.165) is 17.7 Å². The number of carbonyl (C=O) groups is 1. The number of aliphatic hydroxyl groups excluding tert-OH is 1. The van der Waals surface area contributed by atoms with E-state index in [2.05, 4.69) is 0 Å². The minimum Gasteiger partial charge on any atom is -0.490 e. The van der Waals surface area contributed by atoms with Crippen LogP contribution in [0.1, 0.15) is 24.8 Å². The Hall–Kier alpha value is -1.35. The highest BCUT2D eigenvalue weighted by atomic mass is 16.5. The Morgan fingerprint density at radius 3 is 2.60 bits per heavy atom. The highest BCUT2D eigenvalue weighted by Crippen LogP contribution is 2.22. The molecule has 3 heteroatoms. The molecule has 1 N–H and O–H groups in total. The second kappa shape index (κ2) is 4.45. The van der Waals surface area contributed by atoms with Crippen LogP contribution in [0.25, 0.3) is 0 Å². The second-order valence-electron chi connectivity index (χ2n) is 3.82. The Labute approximate surface area is 88.7 Å². The van der Waals surface area contributed by atoms with Crippen molar-refractivity contribution in [1.82, 2.24) is 0 Å². The Morgan fingerprint density at radius 2 is 2.07 bits per heavy atom. The molecule has 0 spiro atoms. The molecular weight excluding hydrogens is 192 g/mol. The van der Waals surface area contributed by atoms with Crippen molar-refractivity contribution in [2.45, 2.75) is 32.0 Å². The fourth-order valence-corrected chi connectivity index (χ4v) is 1.75. The van der Waals surface area contributed by atoms with Crippen LogP contribution in [0.5, 0.6) is 5.75 Å². The van der Waals surface area contributed by atoms with Crippen molar-refractivity contribution in [1.29, 1.82) is 0 Å². The lowest BCUT2D eigenvalue weighted by atomic mass is 10.2. The van der Waals surface area contributed by atoms with E-state index in [1.807, 2.05) is 24.3 Å². The lowest BCUT2D eigenvalue weighted by Gasteiger charge is -2.12. The van der Waals surface area contributed by atoms with Crippen LogP contribution in [0.2, 0.25) is 0 Å². The molecule has 1 aromatic rings. The van der Waals surface area contributed by atoms with E-state index in [1.165, 1.54) is 0 Å². The molecule has 1 fully saturated rings. The normalized spacial score (nSPS) is 20.6. The molecule has 0 bridgehead atoms. The van der Waals surface area contributed by atoms with Crippen LogP contribution in [0.3, 0.4) is 0 Å². The zero-order valence-electron chi connectivity index (χ0n) is 8.48. The molecule has 0 heterocycles. The fraction of sp³-hybridized carbons (Fsp3) is 0.417. The predicted octanol–water partition coefficient (Wildman–Crippen LogP) is 1.68. The summed E-state index contributed by atoms with van der Waals surface area (Å²) in [6.45, 7) is 0.0438. The van der Waals surface area contributed by atoms with Crippen LogP contribution in [-0.2, 0) is 11.4 Å². The summed E-state index contributed by atoms with van der Waals surface area (Å²) in [6, 6.07) is 7.31. The summed E-state index contributed by atoms with van der Waals surface area (Å²) < 4.78 is 5.64. The number of ether oxygens (including phenoxy) is 1. The van der Waals surface area contributed by atoms with E-state index < -0.39 is 0 Å². The Morgan fingerprint density at radius 1 is 1.33 bits per heavy atom. The molecule has 1 aliphatic rings. The largest absolute Gasteiger partial charge is 0.490 e. The molecule has 0 amide bonds. The smallest absolute Gasteiger partial charge is 0.136 e. The molecule has 2 rings (SSSR count). The van der Waals surface area contributed by atoms with Crippen LogP contribution < -0.4 is 4.74 Å². The van der Waals surface area contributed by atoms with Crippen molar-refractivity contribution in [2.24, 2.45) is 0 Å². The van der Waals surface area contributed by atoms with E-state index in [-0.39, 0.29) is 18.5 Å². The molecule has 3 nitrogen and oxygen atoms in total. The van der Waals surface area contributed by atoms with Gasteiger partial charge in [-0.1, -0.05) is 12.1 Å². The van der Waals surface area contributed by atoms with E-state index in [9.17, 15) is 4.79 Å². The number of rotatable bonds is 3. The number of Topliss-reactive ketones (excluding diaryl/α,β-unsaturated/α-hetero) is 1. The average Bonchev–Trinajstić information content (AvgIpc) is 2.65. The summed E-state index contributed by atoms with van der Waals surface area (Å²) >= 11 is 0. The molecule has 1 saturated carbocycles. The van der Waals surface area contributed by atoms with Crippen molar-refractivity contribution in [3.8, 4) is 5.75 Å². The van der Waals surface area contributed by atoms with E-state index in [1.54, 1.807) is 0 Å². The Balaban J connectivity index is 1.96. The molecular formula is C12H14O3. The first-order valence-corrected chi connectivity index (χ1v) is 5.16. The third kappa shape index (κ3) is 2.57. The van der Waals surface area contributed by atoms with E-state index in [0.29, 0.717) is 12.8 Å². The summed E-state index contributed by atoms with van der Waals surface area (Å²) in [5.41, 5.74) is 0.866. The second-order valence-corrected chi connectivity index (χ2v) is 3.82. The summed E-state index contributed by atoms with van der Waals surface area (Å²) in [7, 11) is 0. The first-order chi connectivity index (χ1) is 7.28. The molecule has 0 aliphatic heterocycles. The van der Waals surface area contributed by atoms with Crippen LogP contribution in [-0.4, -0.2) is 17.0 Å². The summed E-state index contributed by atoms with van der Waals surface area (Å²) in [5.74, 6) is 1.05. The van der Waals surface area contributed by atoms with E-state index in [4.69, 9.17) is 9.84 Å². The third-order valence-corrected chi connectivity index (χ3v) is 2.61. The van der Waals surface area contributed by atoms with Gasteiger partial charge >= 0.3 is 0 Å². The molecule has 1 atom stereocenters. The maximum Gasteiger partial charge on any atom is 0.136 e. The zero-order chi connectivity index (χ0) is 10.7. The quantitative estimate of drug-likeness (QED) is 0.818. The van der Waals surface area contributed by atoms with Gasteiger partial charge in [-0.2, -0.15) is 0 Å². The van der Waals surface area contributed by atoms with Crippen LogP contribution >= 0.6 is 0 Å². The van der Waals surface area contributed by atoms with Crippen molar-refractivity contribution in [3.05, 3.63) is 29.8 Å². The summed E-state index contributed by atoms with van der Waals surface area (Å²) in [4.78, 5) is 11.0. The van der Waals surface area contributed by atoms with Gasteiger partial charge in [-0.15, -0.1) is 0 Å².